The first-order valence-corrected chi connectivity index (χ1v) is 5.72. The average Bonchev–Trinajstić information content (AvgIpc) is 2.36. The highest BCUT2D eigenvalue weighted by atomic mass is 19.4. The first-order valence-electron chi connectivity index (χ1n) is 5.72. The number of hydrogen-bond donors (Lipinski definition) is 0. The molecule has 1 aromatic carbocycles. The Morgan fingerprint density at radius 2 is 1.62 bits per heavy atom. The second-order valence-electron chi connectivity index (χ2n) is 4.34. The van der Waals surface area contributed by atoms with Gasteiger partial charge in [-0.1, -0.05) is 12.1 Å². The number of benzene rings is 1. The van der Waals surface area contributed by atoms with Crippen LogP contribution in [0.25, 0.3) is 0 Å². The van der Waals surface area contributed by atoms with Crippen LogP contribution in [-0.2, 0) is 11.2 Å². The summed E-state index contributed by atoms with van der Waals surface area (Å²) in [6.07, 6.45) is -8.57. The lowest BCUT2D eigenvalue weighted by Crippen LogP contribution is -2.36. The molecule has 1 rings (SSSR count). The summed E-state index contributed by atoms with van der Waals surface area (Å²) in [5.41, 5.74) is 0.0933. The highest BCUT2D eigenvalue weighted by molar-refractivity contribution is 5.80. The summed E-state index contributed by atoms with van der Waals surface area (Å²) in [5, 5.41) is 10.4. The molecule has 0 aliphatic rings. The highest BCUT2D eigenvalue weighted by Crippen LogP contribution is 2.38. The monoisotopic (exact) mass is 311 g/mol. The molecular weight excluding hydrogens is 301 g/mol. The Labute approximate surface area is 115 Å². The molecule has 0 radical (unpaired) electrons. The minimum Gasteiger partial charge on any atom is -0.299 e. The summed E-state index contributed by atoms with van der Waals surface area (Å²) in [6.45, 7) is 0. The van der Waals surface area contributed by atoms with E-state index in [9.17, 15) is 36.9 Å². The van der Waals surface area contributed by atoms with Crippen molar-refractivity contribution in [2.45, 2.75) is 31.4 Å². The number of rotatable bonds is 6. The Bertz CT molecular complexity index is 525. The number of carbonyl (C=O) groups is 1. The largest absolute Gasteiger partial charge is 0.453 e. The van der Waals surface area contributed by atoms with Crippen LogP contribution >= 0.6 is 0 Å². The second-order valence-corrected chi connectivity index (χ2v) is 4.34. The van der Waals surface area contributed by atoms with E-state index in [0.29, 0.717) is 5.56 Å². The lowest BCUT2D eigenvalue weighted by atomic mass is 10.0. The van der Waals surface area contributed by atoms with Gasteiger partial charge in [-0.05, 0) is 5.56 Å². The zero-order valence-electron chi connectivity index (χ0n) is 10.5. The molecule has 0 fully saturated rings. The van der Waals surface area contributed by atoms with Gasteiger partial charge in [0, 0.05) is 31.4 Å². The quantitative estimate of drug-likeness (QED) is 0.457. The van der Waals surface area contributed by atoms with E-state index < -0.39 is 35.6 Å². The average molecular weight is 311 g/mol. The SMILES string of the molecule is O=C(CCC(F)(F)C(F)(F)F)Cc1ccc([N+](=O)[O-])cc1. The predicted molar refractivity (Wildman–Crippen MR) is 62.0 cm³/mol. The molecule has 0 aliphatic heterocycles. The Kier molecular flexibility index (Phi) is 4.97. The van der Waals surface area contributed by atoms with Crippen LogP contribution in [-0.4, -0.2) is 22.8 Å². The zero-order valence-corrected chi connectivity index (χ0v) is 10.5. The maximum Gasteiger partial charge on any atom is 0.453 e. The minimum absolute atomic E-state index is 0.213. The highest BCUT2D eigenvalue weighted by Gasteiger charge is 2.56. The molecule has 0 aromatic heterocycles. The Balaban J connectivity index is 2.56. The lowest BCUT2D eigenvalue weighted by Gasteiger charge is -2.18. The summed E-state index contributed by atoms with van der Waals surface area (Å²) in [4.78, 5) is 21.1. The fourth-order valence-electron chi connectivity index (χ4n) is 1.49. The van der Waals surface area contributed by atoms with Crippen molar-refractivity contribution in [2.24, 2.45) is 0 Å². The van der Waals surface area contributed by atoms with E-state index in [1.54, 1.807) is 0 Å². The van der Waals surface area contributed by atoms with Crippen LogP contribution in [0.15, 0.2) is 24.3 Å². The van der Waals surface area contributed by atoms with Crippen molar-refractivity contribution in [1.29, 1.82) is 0 Å². The van der Waals surface area contributed by atoms with Crippen LogP contribution in [0.3, 0.4) is 0 Å². The standard InChI is InChI=1S/C12H10F5NO3/c13-11(14,12(15,16)17)6-5-10(19)7-8-1-3-9(4-2-8)18(20)21/h1-4H,5-7H2. The van der Waals surface area contributed by atoms with E-state index in [0.717, 1.165) is 12.1 Å². The molecule has 0 saturated carbocycles. The van der Waals surface area contributed by atoms with Gasteiger partial charge in [-0.15, -0.1) is 0 Å². The Hall–Kier alpha value is -2.06. The van der Waals surface area contributed by atoms with Crippen LogP contribution in [0.4, 0.5) is 27.6 Å². The minimum atomic E-state index is -5.68. The molecule has 0 saturated heterocycles. The Morgan fingerprint density at radius 1 is 1.10 bits per heavy atom. The van der Waals surface area contributed by atoms with Gasteiger partial charge in [-0.3, -0.25) is 14.9 Å². The third-order valence-corrected chi connectivity index (χ3v) is 2.68. The molecule has 1 aromatic rings. The van der Waals surface area contributed by atoms with E-state index in [-0.39, 0.29) is 12.1 Å². The fourth-order valence-corrected chi connectivity index (χ4v) is 1.49. The lowest BCUT2D eigenvalue weighted by molar-refractivity contribution is -0.384. The number of ketones is 1. The van der Waals surface area contributed by atoms with E-state index >= 15 is 0 Å². The van der Waals surface area contributed by atoms with Crippen molar-refractivity contribution in [3.05, 3.63) is 39.9 Å². The third kappa shape index (κ3) is 4.76. The Morgan fingerprint density at radius 3 is 2.05 bits per heavy atom. The molecule has 0 spiro atoms. The number of halogens is 5. The summed E-state index contributed by atoms with van der Waals surface area (Å²) in [6, 6.07) is 4.73. The number of alkyl halides is 5. The number of hydrogen-bond acceptors (Lipinski definition) is 3. The molecule has 0 bridgehead atoms. The van der Waals surface area contributed by atoms with Gasteiger partial charge in [0.25, 0.3) is 5.69 Å². The number of nitrogens with zero attached hydrogens (tertiary/aromatic N) is 1. The van der Waals surface area contributed by atoms with Gasteiger partial charge < -0.3 is 0 Å². The van der Waals surface area contributed by atoms with Gasteiger partial charge in [-0.25, -0.2) is 0 Å². The number of nitro benzene ring substituents is 1. The number of non-ortho nitro benzene ring substituents is 1. The predicted octanol–water partition coefficient (Wildman–Crippen LogP) is 3.68. The van der Waals surface area contributed by atoms with Crippen molar-refractivity contribution in [2.75, 3.05) is 0 Å². The second kappa shape index (κ2) is 6.15. The number of Topliss-reactive ketones (excluding diaryl/α,β-unsaturated/α-hetero) is 1. The molecular formula is C12H10F5NO3. The smallest absolute Gasteiger partial charge is 0.299 e. The van der Waals surface area contributed by atoms with Crippen molar-refractivity contribution in [1.82, 2.24) is 0 Å². The number of carbonyl (C=O) groups excluding carboxylic acids is 1. The van der Waals surface area contributed by atoms with Crippen LogP contribution in [0.5, 0.6) is 0 Å². The van der Waals surface area contributed by atoms with Gasteiger partial charge in [-0.2, -0.15) is 22.0 Å². The van der Waals surface area contributed by atoms with Gasteiger partial charge in [0.05, 0.1) is 4.92 Å². The van der Waals surface area contributed by atoms with Gasteiger partial charge in [0.1, 0.15) is 5.78 Å². The van der Waals surface area contributed by atoms with E-state index in [1.165, 1.54) is 12.1 Å². The molecule has 0 unspecified atom stereocenters. The molecule has 0 heterocycles. The zero-order chi connectivity index (χ0) is 16.3. The summed E-state index contributed by atoms with van der Waals surface area (Å²) < 4.78 is 61.0. The molecule has 21 heavy (non-hydrogen) atoms. The summed E-state index contributed by atoms with van der Waals surface area (Å²) in [7, 11) is 0. The fraction of sp³-hybridized carbons (Fsp3) is 0.417. The van der Waals surface area contributed by atoms with Gasteiger partial charge >= 0.3 is 12.1 Å². The molecule has 116 valence electrons. The normalized spacial score (nSPS) is 12.2. The first kappa shape index (κ1) is 17.0. The van der Waals surface area contributed by atoms with Crippen molar-refractivity contribution in [3.63, 3.8) is 0 Å². The molecule has 0 amide bonds. The third-order valence-electron chi connectivity index (χ3n) is 2.68. The van der Waals surface area contributed by atoms with E-state index in [2.05, 4.69) is 0 Å². The van der Waals surface area contributed by atoms with Crippen molar-refractivity contribution < 1.29 is 31.7 Å². The maximum absolute atomic E-state index is 12.6. The van der Waals surface area contributed by atoms with Crippen LogP contribution in [0, 0.1) is 10.1 Å². The van der Waals surface area contributed by atoms with Crippen LogP contribution in [0.2, 0.25) is 0 Å². The maximum atomic E-state index is 12.6. The first-order chi connectivity index (χ1) is 9.53. The summed E-state index contributed by atoms with van der Waals surface area (Å²) >= 11 is 0. The van der Waals surface area contributed by atoms with Crippen LogP contribution in [0.1, 0.15) is 18.4 Å². The molecule has 9 heteroatoms. The van der Waals surface area contributed by atoms with Crippen LogP contribution < -0.4 is 0 Å². The molecule has 0 N–H and O–H groups in total. The van der Waals surface area contributed by atoms with Gasteiger partial charge in [0.2, 0.25) is 0 Å². The van der Waals surface area contributed by atoms with Crippen molar-refractivity contribution >= 4 is 11.5 Å². The van der Waals surface area contributed by atoms with Gasteiger partial charge in [0.15, 0.2) is 0 Å². The van der Waals surface area contributed by atoms with Crippen molar-refractivity contribution in [3.8, 4) is 0 Å². The molecule has 0 aliphatic carbocycles. The molecule has 4 nitrogen and oxygen atoms in total. The van der Waals surface area contributed by atoms with E-state index in [1.807, 2.05) is 0 Å². The summed E-state index contributed by atoms with van der Waals surface area (Å²) in [5.74, 6) is -5.70. The molecule has 0 atom stereocenters. The number of nitro groups is 1. The topological polar surface area (TPSA) is 60.2 Å². The van der Waals surface area contributed by atoms with E-state index in [4.69, 9.17) is 0 Å².